The summed E-state index contributed by atoms with van der Waals surface area (Å²) in [4.78, 5) is 12.1. The number of nitrogens with zero attached hydrogens (tertiary/aromatic N) is 1. The van der Waals surface area contributed by atoms with E-state index in [1.807, 2.05) is 6.92 Å². The van der Waals surface area contributed by atoms with Crippen molar-refractivity contribution in [3.8, 4) is 0 Å². The Morgan fingerprint density at radius 1 is 1.62 bits per heavy atom. The number of aromatic nitrogens is 2. The summed E-state index contributed by atoms with van der Waals surface area (Å²) in [6.07, 6.45) is 6.08. The van der Waals surface area contributed by atoms with Crippen LogP contribution in [0, 0.1) is 6.92 Å². The fourth-order valence-corrected chi connectivity index (χ4v) is 2.93. The minimum atomic E-state index is -0.0548. The van der Waals surface area contributed by atoms with E-state index in [1.165, 1.54) is 12.8 Å². The van der Waals surface area contributed by atoms with E-state index in [0.717, 1.165) is 23.9 Å². The van der Waals surface area contributed by atoms with Gasteiger partial charge in [0.25, 0.3) is 5.91 Å². The van der Waals surface area contributed by atoms with E-state index in [1.54, 1.807) is 6.20 Å². The highest BCUT2D eigenvalue weighted by atomic mass is 79.9. The zero-order chi connectivity index (χ0) is 11.6. The van der Waals surface area contributed by atoms with Crippen LogP contribution in [0.3, 0.4) is 0 Å². The van der Waals surface area contributed by atoms with Crippen LogP contribution in [0.2, 0.25) is 0 Å². The average Bonchev–Trinajstić information content (AvgIpc) is 2.87. The maximum Gasteiger partial charge on any atom is 0.255 e. The molecule has 1 aromatic heterocycles. The van der Waals surface area contributed by atoms with Crippen molar-refractivity contribution in [2.45, 2.75) is 38.1 Å². The van der Waals surface area contributed by atoms with Crippen molar-refractivity contribution in [2.24, 2.45) is 0 Å². The fourth-order valence-electron chi connectivity index (χ4n) is 2.23. The molecule has 5 heteroatoms. The molecule has 2 N–H and O–H groups in total. The van der Waals surface area contributed by atoms with Crippen LogP contribution in [0.4, 0.5) is 0 Å². The normalized spacial score (nSPS) is 18.6. The van der Waals surface area contributed by atoms with Crippen molar-refractivity contribution in [1.29, 1.82) is 0 Å². The Hall–Kier alpha value is -0.840. The molecule has 0 radical (unpaired) electrons. The highest BCUT2D eigenvalue weighted by Gasteiger charge is 2.34. The molecule has 0 aliphatic heterocycles. The number of alkyl halides is 1. The first kappa shape index (κ1) is 11.6. The van der Waals surface area contributed by atoms with Crippen LogP contribution in [0.5, 0.6) is 0 Å². The zero-order valence-electron chi connectivity index (χ0n) is 9.35. The van der Waals surface area contributed by atoms with E-state index in [9.17, 15) is 4.79 Å². The molecule has 0 spiro atoms. The molecule has 2 rings (SSSR count). The summed E-state index contributed by atoms with van der Waals surface area (Å²) < 4.78 is 0. The molecule has 1 aromatic rings. The van der Waals surface area contributed by atoms with Crippen LogP contribution in [0.25, 0.3) is 0 Å². The van der Waals surface area contributed by atoms with Crippen molar-refractivity contribution in [2.75, 3.05) is 5.33 Å². The molecule has 1 heterocycles. The summed E-state index contributed by atoms with van der Waals surface area (Å²) in [5.74, 6) is -0.0207. The molecule has 0 saturated heterocycles. The molecule has 1 aliphatic carbocycles. The minimum Gasteiger partial charge on any atom is -0.346 e. The molecule has 4 nitrogen and oxygen atoms in total. The average molecular weight is 286 g/mol. The maximum atomic E-state index is 12.1. The number of rotatable bonds is 3. The summed E-state index contributed by atoms with van der Waals surface area (Å²) in [7, 11) is 0. The minimum absolute atomic E-state index is 0.0207. The molecule has 0 bridgehead atoms. The molecule has 1 fully saturated rings. The largest absolute Gasteiger partial charge is 0.346 e. The number of amides is 1. The van der Waals surface area contributed by atoms with Gasteiger partial charge in [-0.05, 0) is 19.8 Å². The molecule has 16 heavy (non-hydrogen) atoms. The smallest absolute Gasteiger partial charge is 0.255 e. The lowest BCUT2D eigenvalue weighted by Gasteiger charge is -2.27. The van der Waals surface area contributed by atoms with Gasteiger partial charge >= 0.3 is 0 Å². The Labute approximate surface area is 103 Å². The number of nitrogens with one attached hydrogen (secondary N) is 2. The third kappa shape index (κ3) is 2.14. The first-order chi connectivity index (χ1) is 7.67. The lowest BCUT2D eigenvalue weighted by Crippen LogP contribution is -2.47. The molecule has 1 aliphatic rings. The predicted molar refractivity (Wildman–Crippen MR) is 65.8 cm³/mol. The molecule has 1 saturated carbocycles. The lowest BCUT2D eigenvalue weighted by molar-refractivity contribution is 0.0910. The monoisotopic (exact) mass is 285 g/mol. The van der Waals surface area contributed by atoms with Crippen LogP contribution in [0.1, 0.15) is 41.7 Å². The second kappa shape index (κ2) is 4.57. The zero-order valence-corrected chi connectivity index (χ0v) is 10.9. The van der Waals surface area contributed by atoms with Gasteiger partial charge in [0, 0.05) is 11.0 Å². The van der Waals surface area contributed by atoms with E-state index in [4.69, 9.17) is 0 Å². The molecular formula is C11H16BrN3O. The Bertz CT molecular complexity index is 382. The number of H-pyrrole nitrogens is 1. The van der Waals surface area contributed by atoms with Crippen molar-refractivity contribution in [1.82, 2.24) is 15.5 Å². The van der Waals surface area contributed by atoms with Gasteiger partial charge in [0.1, 0.15) is 0 Å². The molecule has 0 atom stereocenters. The summed E-state index contributed by atoms with van der Waals surface area (Å²) in [5, 5.41) is 10.6. The predicted octanol–water partition coefficient (Wildman–Crippen LogP) is 2.16. The number of halogens is 1. The number of aryl methyl sites for hydroxylation is 1. The van der Waals surface area contributed by atoms with Gasteiger partial charge in [0.15, 0.2) is 0 Å². The number of hydrogen-bond acceptors (Lipinski definition) is 2. The summed E-state index contributed by atoms with van der Waals surface area (Å²) in [5.41, 5.74) is 1.41. The number of aromatic amines is 1. The summed E-state index contributed by atoms with van der Waals surface area (Å²) in [6, 6.07) is 0. The lowest BCUT2D eigenvalue weighted by atomic mass is 10.00. The highest BCUT2D eigenvalue weighted by Crippen LogP contribution is 2.31. The van der Waals surface area contributed by atoms with Crippen molar-refractivity contribution in [3.63, 3.8) is 0 Å². The van der Waals surface area contributed by atoms with E-state index >= 15 is 0 Å². The first-order valence-electron chi connectivity index (χ1n) is 5.55. The van der Waals surface area contributed by atoms with Gasteiger partial charge in [0.2, 0.25) is 0 Å². The summed E-state index contributed by atoms with van der Waals surface area (Å²) >= 11 is 3.51. The van der Waals surface area contributed by atoms with Gasteiger partial charge in [-0.1, -0.05) is 28.8 Å². The third-order valence-electron chi connectivity index (χ3n) is 3.27. The van der Waals surface area contributed by atoms with Crippen LogP contribution in [-0.4, -0.2) is 27.0 Å². The van der Waals surface area contributed by atoms with Crippen molar-refractivity contribution < 1.29 is 4.79 Å². The molecule has 0 unspecified atom stereocenters. The number of hydrogen-bond donors (Lipinski definition) is 2. The highest BCUT2D eigenvalue weighted by molar-refractivity contribution is 9.09. The van der Waals surface area contributed by atoms with Crippen LogP contribution in [-0.2, 0) is 0 Å². The number of carbonyl (C=O) groups excluding carboxylic acids is 1. The van der Waals surface area contributed by atoms with Crippen molar-refractivity contribution >= 4 is 21.8 Å². The second-order valence-electron chi connectivity index (χ2n) is 4.48. The Morgan fingerprint density at radius 2 is 2.31 bits per heavy atom. The molecule has 88 valence electrons. The first-order valence-corrected chi connectivity index (χ1v) is 6.67. The van der Waals surface area contributed by atoms with Gasteiger partial charge in [-0.3, -0.25) is 9.89 Å². The van der Waals surface area contributed by atoms with Crippen LogP contribution >= 0.6 is 15.9 Å². The Morgan fingerprint density at radius 3 is 2.81 bits per heavy atom. The molecular weight excluding hydrogens is 270 g/mol. The quantitative estimate of drug-likeness (QED) is 0.836. The standard InChI is InChI=1S/C11H16BrN3O/c1-8-9(6-13-15-8)10(16)14-11(7-12)4-2-3-5-11/h6H,2-5,7H2,1H3,(H,13,15)(H,14,16). The van der Waals surface area contributed by atoms with Gasteiger partial charge < -0.3 is 5.32 Å². The SMILES string of the molecule is Cc1[nH]ncc1C(=O)NC1(CBr)CCCC1. The van der Waals surface area contributed by atoms with E-state index < -0.39 is 0 Å². The van der Waals surface area contributed by atoms with E-state index in [2.05, 4.69) is 31.4 Å². The maximum absolute atomic E-state index is 12.1. The van der Waals surface area contributed by atoms with Gasteiger partial charge in [-0.15, -0.1) is 0 Å². The van der Waals surface area contributed by atoms with Crippen LogP contribution < -0.4 is 5.32 Å². The van der Waals surface area contributed by atoms with E-state index in [-0.39, 0.29) is 11.4 Å². The van der Waals surface area contributed by atoms with E-state index in [0.29, 0.717) is 5.56 Å². The van der Waals surface area contributed by atoms with Gasteiger partial charge in [-0.2, -0.15) is 5.10 Å². The summed E-state index contributed by atoms with van der Waals surface area (Å²) in [6.45, 7) is 1.86. The fraction of sp³-hybridized carbons (Fsp3) is 0.636. The van der Waals surface area contributed by atoms with Crippen molar-refractivity contribution in [3.05, 3.63) is 17.5 Å². The number of carbonyl (C=O) groups is 1. The second-order valence-corrected chi connectivity index (χ2v) is 5.04. The third-order valence-corrected chi connectivity index (χ3v) is 4.34. The molecule has 0 aromatic carbocycles. The van der Waals surface area contributed by atoms with Gasteiger partial charge in [-0.25, -0.2) is 0 Å². The molecule has 1 amide bonds. The van der Waals surface area contributed by atoms with Crippen LogP contribution in [0.15, 0.2) is 6.20 Å². The Kier molecular flexibility index (Phi) is 3.33. The topological polar surface area (TPSA) is 57.8 Å². The Balaban J connectivity index is 2.09. The van der Waals surface area contributed by atoms with Gasteiger partial charge in [0.05, 0.1) is 17.3 Å².